The second kappa shape index (κ2) is 7.04. The molecule has 3 unspecified atom stereocenters. The molecule has 0 spiro atoms. The highest BCUT2D eigenvalue weighted by atomic mass is 16.5. The summed E-state index contributed by atoms with van der Waals surface area (Å²) in [6, 6.07) is 0.0990. The van der Waals surface area contributed by atoms with Gasteiger partial charge in [-0.25, -0.2) is 0 Å². The maximum atomic E-state index is 12.5. The summed E-state index contributed by atoms with van der Waals surface area (Å²) in [5, 5.41) is 11.9. The summed E-state index contributed by atoms with van der Waals surface area (Å²) in [6.07, 6.45) is 2.84. The fourth-order valence-electron chi connectivity index (χ4n) is 3.15. The molecule has 2 fully saturated rings. The average Bonchev–Trinajstić information content (AvgIpc) is 2.93. The van der Waals surface area contributed by atoms with E-state index in [0.717, 1.165) is 19.4 Å². The lowest BCUT2D eigenvalue weighted by atomic mass is 9.92. The van der Waals surface area contributed by atoms with Crippen molar-refractivity contribution in [2.24, 2.45) is 11.8 Å². The first-order valence-electron chi connectivity index (χ1n) is 7.37. The van der Waals surface area contributed by atoms with Crippen LogP contribution < -0.4 is 5.32 Å². The lowest BCUT2D eigenvalue weighted by Gasteiger charge is -2.35. The molecule has 0 aromatic carbocycles. The van der Waals surface area contributed by atoms with E-state index >= 15 is 0 Å². The number of carboxylic acids is 1. The topological polar surface area (TPSA) is 78.9 Å². The van der Waals surface area contributed by atoms with Gasteiger partial charge < -0.3 is 20.1 Å². The van der Waals surface area contributed by atoms with Crippen LogP contribution >= 0.6 is 0 Å². The Kier molecular flexibility index (Phi) is 5.37. The molecule has 6 heteroatoms. The first kappa shape index (κ1) is 15.3. The quantitative estimate of drug-likeness (QED) is 0.760. The van der Waals surface area contributed by atoms with Crippen molar-refractivity contribution in [1.82, 2.24) is 10.2 Å². The molecule has 2 aliphatic heterocycles. The van der Waals surface area contributed by atoms with Gasteiger partial charge in [0.2, 0.25) is 5.91 Å². The van der Waals surface area contributed by atoms with Crippen molar-refractivity contribution in [2.75, 3.05) is 33.4 Å². The molecule has 6 nitrogen and oxygen atoms in total. The van der Waals surface area contributed by atoms with E-state index in [1.54, 1.807) is 0 Å². The maximum absolute atomic E-state index is 12.5. The van der Waals surface area contributed by atoms with E-state index in [0.29, 0.717) is 32.1 Å². The summed E-state index contributed by atoms with van der Waals surface area (Å²) in [6.45, 7) is 2.55. The molecule has 0 bridgehead atoms. The Morgan fingerprint density at radius 3 is 2.90 bits per heavy atom. The number of rotatable bonds is 5. The zero-order valence-electron chi connectivity index (χ0n) is 12.0. The van der Waals surface area contributed by atoms with E-state index in [4.69, 9.17) is 9.84 Å². The van der Waals surface area contributed by atoms with Gasteiger partial charge in [0.1, 0.15) is 0 Å². The summed E-state index contributed by atoms with van der Waals surface area (Å²) in [7, 11) is 1.85. The smallest absolute Gasteiger partial charge is 0.303 e. The summed E-state index contributed by atoms with van der Waals surface area (Å²) in [5.74, 6) is -0.382. The molecule has 2 saturated heterocycles. The van der Waals surface area contributed by atoms with E-state index < -0.39 is 5.97 Å². The van der Waals surface area contributed by atoms with Crippen molar-refractivity contribution >= 4 is 11.9 Å². The molecule has 0 saturated carbocycles. The minimum atomic E-state index is -0.757. The molecule has 114 valence electrons. The highest BCUT2D eigenvalue weighted by Crippen LogP contribution is 2.24. The molecule has 20 heavy (non-hydrogen) atoms. The number of ether oxygens (including phenoxy) is 1. The fourth-order valence-corrected chi connectivity index (χ4v) is 3.15. The maximum Gasteiger partial charge on any atom is 0.303 e. The lowest BCUT2D eigenvalue weighted by Crippen LogP contribution is -2.48. The second-order valence-corrected chi connectivity index (χ2v) is 5.76. The van der Waals surface area contributed by atoms with Gasteiger partial charge in [-0.05, 0) is 32.2 Å². The van der Waals surface area contributed by atoms with Gasteiger partial charge in [0.05, 0.1) is 19.1 Å². The number of nitrogens with one attached hydrogen (secondary N) is 1. The number of likely N-dealkylation sites (N-methyl/N-ethyl adjacent to an activating group) is 1. The van der Waals surface area contributed by atoms with E-state index in [-0.39, 0.29) is 24.3 Å². The largest absolute Gasteiger partial charge is 0.481 e. The van der Waals surface area contributed by atoms with Crippen LogP contribution in [0, 0.1) is 11.8 Å². The summed E-state index contributed by atoms with van der Waals surface area (Å²) in [5.41, 5.74) is 0. The van der Waals surface area contributed by atoms with Crippen LogP contribution in [-0.2, 0) is 14.3 Å². The number of hydrogen-bond acceptors (Lipinski definition) is 4. The fraction of sp³-hybridized carbons (Fsp3) is 0.857. The van der Waals surface area contributed by atoms with Gasteiger partial charge in [-0.3, -0.25) is 9.59 Å². The average molecular weight is 284 g/mol. The summed E-state index contributed by atoms with van der Waals surface area (Å²) in [4.78, 5) is 25.1. The minimum Gasteiger partial charge on any atom is -0.481 e. The first-order chi connectivity index (χ1) is 9.61. The Balaban J connectivity index is 1.87. The lowest BCUT2D eigenvalue weighted by molar-refractivity contribution is -0.138. The van der Waals surface area contributed by atoms with Crippen LogP contribution in [0.15, 0.2) is 0 Å². The third-order valence-corrected chi connectivity index (χ3v) is 4.37. The number of amides is 1. The zero-order chi connectivity index (χ0) is 14.5. The SMILES string of the molecule is CNC1COCC1C(=O)N1CCCC(CCC(=O)O)C1. The highest BCUT2D eigenvalue weighted by Gasteiger charge is 2.37. The molecule has 2 heterocycles. The van der Waals surface area contributed by atoms with Gasteiger partial charge in [-0.15, -0.1) is 0 Å². The van der Waals surface area contributed by atoms with Gasteiger partial charge in [0, 0.05) is 25.6 Å². The standard InChI is InChI=1S/C14H24N2O4/c1-15-12-9-20-8-11(12)14(19)16-6-2-3-10(7-16)4-5-13(17)18/h10-12,15H,2-9H2,1H3,(H,17,18). The molecule has 1 amide bonds. The predicted molar refractivity (Wildman–Crippen MR) is 73.3 cm³/mol. The normalized spacial score (nSPS) is 30.4. The van der Waals surface area contributed by atoms with Crippen molar-refractivity contribution in [2.45, 2.75) is 31.7 Å². The van der Waals surface area contributed by atoms with E-state index in [1.165, 1.54) is 0 Å². The Morgan fingerprint density at radius 1 is 1.40 bits per heavy atom. The molecule has 0 aromatic rings. The van der Waals surface area contributed by atoms with Crippen LogP contribution in [0.25, 0.3) is 0 Å². The first-order valence-corrected chi connectivity index (χ1v) is 7.37. The van der Waals surface area contributed by atoms with Crippen LogP contribution in [0.4, 0.5) is 0 Å². The predicted octanol–water partition coefficient (Wildman–Crippen LogP) is 0.324. The van der Waals surface area contributed by atoms with Crippen molar-refractivity contribution in [3.8, 4) is 0 Å². The van der Waals surface area contributed by atoms with Crippen molar-refractivity contribution in [1.29, 1.82) is 0 Å². The highest BCUT2D eigenvalue weighted by molar-refractivity contribution is 5.80. The van der Waals surface area contributed by atoms with Gasteiger partial charge in [0.25, 0.3) is 0 Å². The Morgan fingerprint density at radius 2 is 2.20 bits per heavy atom. The van der Waals surface area contributed by atoms with E-state index in [1.807, 2.05) is 11.9 Å². The number of likely N-dealkylation sites (tertiary alicyclic amines) is 1. The number of piperidine rings is 1. The Labute approximate surface area is 119 Å². The summed E-state index contributed by atoms with van der Waals surface area (Å²) >= 11 is 0. The number of carboxylic acid groups (broad SMARTS) is 1. The van der Waals surface area contributed by atoms with Crippen LogP contribution in [-0.4, -0.2) is 61.3 Å². The van der Waals surface area contributed by atoms with Crippen LogP contribution in [0.5, 0.6) is 0 Å². The van der Waals surface area contributed by atoms with Gasteiger partial charge in [-0.2, -0.15) is 0 Å². The number of hydrogen-bond donors (Lipinski definition) is 2. The third-order valence-electron chi connectivity index (χ3n) is 4.37. The van der Waals surface area contributed by atoms with Crippen molar-refractivity contribution in [3.05, 3.63) is 0 Å². The van der Waals surface area contributed by atoms with Crippen molar-refractivity contribution in [3.63, 3.8) is 0 Å². The number of aliphatic carboxylic acids is 1. The van der Waals surface area contributed by atoms with Crippen LogP contribution in [0.1, 0.15) is 25.7 Å². The number of carbonyl (C=O) groups excluding carboxylic acids is 1. The molecule has 2 rings (SSSR count). The molecule has 3 atom stereocenters. The molecule has 2 N–H and O–H groups in total. The van der Waals surface area contributed by atoms with Gasteiger partial charge in [-0.1, -0.05) is 0 Å². The molecular formula is C14H24N2O4. The molecule has 0 aliphatic carbocycles. The number of nitrogens with zero attached hydrogens (tertiary/aromatic N) is 1. The molecule has 0 aromatic heterocycles. The number of carbonyl (C=O) groups is 2. The van der Waals surface area contributed by atoms with Gasteiger partial charge >= 0.3 is 5.97 Å². The molecular weight excluding hydrogens is 260 g/mol. The summed E-state index contributed by atoms with van der Waals surface area (Å²) < 4.78 is 5.39. The van der Waals surface area contributed by atoms with Crippen molar-refractivity contribution < 1.29 is 19.4 Å². The second-order valence-electron chi connectivity index (χ2n) is 5.76. The van der Waals surface area contributed by atoms with Crippen LogP contribution in [0.2, 0.25) is 0 Å². The minimum absolute atomic E-state index is 0.0989. The third kappa shape index (κ3) is 3.70. The molecule has 2 aliphatic rings. The van der Waals surface area contributed by atoms with E-state index in [9.17, 15) is 9.59 Å². The Bertz CT molecular complexity index is 361. The van der Waals surface area contributed by atoms with Crippen LogP contribution in [0.3, 0.4) is 0 Å². The molecule has 0 radical (unpaired) electrons. The Hall–Kier alpha value is -1.14. The monoisotopic (exact) mass is 284 g/mol. The van der Waals surface area contributed by atoms with Gasteiger partial charge in [0.15, 0.2) is 0 Å². The zero-order valence-corrected chi connectivity index (χ0v) is 12.0. The van der Waals surface area contributed by atoms with E-state index in [2.05, 4.69) is 5.32 Å².